The molecule has 0 atom stereocenters. The summed E-state index contributed by atoms with van der Waals surface area (Å²) in [6.45, 7) is 10.8. The molecule has 0 fully saturated rings. The second kappa shape index (κ2) is 5.78. The van der Waals surface area contributed by atoms with Crippen LogP contribution in [0.3, 0.4) is 0 Å². The molecule has 0 spiro atoms. The average Bonchev–Trinajstić information content (AvgIpc) is 2.61. The van der Waals surface area contributed by atoms with Crippen LogP contribution in [0.5, 0.6) is 0 Å². The molecule has 0 aromatic carbocycles. The summed E-state index contributed by atoms with van der Waals surface area (Å²) in [5.41, 5.74) is 0.229. The van der Waals surface area contributed by atoms with Crippen molar-refractivity contribution in [3.05, 3.63) is 5.01 Å². The van der Waals surface area contributed by atoms with Crippen LogP contribution in [0.1, 0.15) is 38.6 Å². The normalized spacial score (nSPS) is 12.5. The van der Waals surface area contributed by atoms with E-state index >= 15 is 0 Å². The summed E-state index contributed by atoms with van der Waals surface area (Å²) in [5, 5.41) is 13.7. The van der Waals surface area contributed by atoms with Gasteiger partial charge in [-0.2, -0.15) is 0 Å². The third-order valence-electron chi connectivity index (χ3n) is 2.40. The minimum atomic E-state index is 0.229. The van der Waals surface area contributed by atoms with Crippen molar-refractivity contribution >= 4 is 16.5 Å². The summed E-state index contributed by atoms with van der Waals surface area (Å²) in [4.78, 5) is 2.21. The Kier molecular flexibility index (Phi) is 4.89. The number of anilines is 1. The second-order valence-electron chi connectivity index (χ2n) is 5.86. The van der Waals surface area contributed by atoms with Gasteiger partial charge in [0, 0.05) is 19.0 Å². The summed E-state index contributed by atoms with van der Waals surface area (Å²) in [5.74, 6) is 0.456. The van der Waals surface area contributed by atoms with Gasteiger partial charge < -0.3 is 10.2 Å². The van der Waals surface area contributed by atoms with Gasteiger partial charge in [0.15, 0.2) is 0 Å². The molecule has 5 heteroatoms. The average molecular weight is 256 g/mol. The first-order chi connectivity index (χ1) is 7.80. The molecule has 0 saturated heterocycles. The van der Waals surface area contributed by atoms with E-state index in [-0.39, 0.29) is 5.41 Å². The molecule has 1 heterocycles. The highest BCUT2D eigenvalue weighted by atomic mass is 32.1. The first-order valence-corrected chi connectivity index (χ1v) is 6.84. The molecule has 17 heavy (non-hydrogen) atoms. The van der Waals surface area contributed by atoms with Crippen LogP contribution in [0.2, 0.25) is 0 Å². The minimum absolute atomic E-state index is 0.229. The van der Waals surface area contributed by atoms with Gasteiger partial charge in [0.1, 0.15) is 5.01 Å². The van der Waals surface area contributed by atoms with Crippen molar-refractivity contribution in [1.82, 2.24) is 15.1 Å². The summed E-state index contributed by atoms with van der Waals surface area (Å²) in [6.07, 6.45) is 0. The maximum absolute atomic E-state index is 4.17. The quantitative estimate of drug-likeness (QED) is 0.849. The number of nitrogens with zero attached hydrogens (tertiary/aromatic N) is 3. The van der Waals surface area contributed by atoms with E-state index in [0.717, 1.165) is 23.2 Å². The molecule has 1 aromatic rings. The SMILES string of the molecule is CC(C)c1nnc(NCC(C)(C)CN(C)C)s1. The Morgan fingerprint density at radius 3 is 2.41 bits per heavy atom. The van der Waals surface area contributed by atoms with Crippen LogP contribution < -0.4 is 5.32 Å². The number of hydrogen-bond acceptors (Lipinski definition) is 5. The van der Waals surface area contributed by atoms with Gasteiger partial charge in [0.05, 0.1) is 0 Å². The van der Waals surface area contributed by atoms with E-state index in [4.69, 9.17) is 0 Å². The van der Waals surface area contributed by atoms with E-state index in [0.29, 0.717) is 5.92 Å². The van der Waals surface area contributed by atoms with Gasteiger partial charge in [-0.3, -0.25) is 0 Å². The van der Waals surface area contributed by atoms with Crippen LogP contribution in [0.4, 0.5) is 5.13 Å². The first kappa shape index (κ1) is 14.4. The number of rotatable bonds is 6. The van der Waals surface area contributed by atoms with E-state index in [1.54, 1.807) is 11.3 Å². The molecule has 4 nitrogen and oxygen atoms in total. The molecule has 0 aliphatic carbocycles. The lowest BCUT2D eigenvalue weighted by Crippen LogP contribution is -2.34. The fraction of sp³-hybridized carbons (Fsp3) is 0.833. The largest absolute Gasteiger partial charge is 0.359 e. The molecule has 0 radical (unpaired) electrons. The van der Waals surface area contributed by atoms with Crippen molar-refractivity contribution in [2.75, 3.05) is 32.5 Å². The van der Waals surface area contributed by atoms with Crippen molar-refractivity contribution < 1.29 is 0 Å². The third-order valence-corrected chi connectivity index (χ3v) is 3.58. The maximum atomic E-state index is 4.17. The lowest BCUT2D eigenvalue weighted by Gasteiger charge is -2.28. The van der Waals surface area contributed by atoms with Crippen LogP contribution in [0.25, 0.3) is 0 Å². The topological polar surface area (TPSA) is 41.1 Å². The summed E-state index contributed by atoms with van der Waals surface area (Å²) < 4.78 is 0. The van der Waals surface area contributed by atoms with Gasteiger partial charge in [-0.25, -0.2) is 0 Å². The Hall–Kier alpha value is -0.680. The fourth-order valence-electron chi connectivity index (χ4n) is 1.77. The van der Waals surface area contributed by atoms with Crippen molar-refractivity contribution in [2.45, 2.75) is 33.6 Å². The van der Waals surface area contributed by atoms with Crippen LogP contribution in [0.15, 0.2) is 0 Å². The molecule has 0 amide bonds. The van der Waals surface area contributed by atoms with Gasteiger partial charge in [-0.05, 0) is 19.5 Å². The highest BCUT2D eigenvalue weighted by Gasteiger charge is 2.19. The zero-order valence-electron chi connectivity index (χ0n) is 11.7. The van der Waals surface area contributed by atoms with Gasteiger partial charge in [0.25, 0.3) is 0 Å². The summed E-state index contributed by atoms with van der Waals surface area (Å²) >= 11 is 1.65. The number of aromatic nitrogens is 2. The van der Waals surface area contributed by atoms with Gasteiger partial charge in [-0.15, -0.1) is 10.2 Å². The fourth-order valence-corrected chi connectivity index (χ4v) is 2.51. The Balaban J connectivity index is 2.49. The predicted molar refractivity (Wildman–Crippen MR) is 74.8 cm³/mol. The van der Waals surface area contributed by atoms with Gasteiger partial charge in [-0.1, -0.05) is 39.0 Å². The van der Waals surface area contributed by atoms with E-state index < -0.39 is 0 Å². The van der Waals surface area contributed by atoms with E-state index in [2.05, 4.69) is 62.2 Å². The van der Waals surface area contributed by atoms with Crippen molar-refractivity contribution in [3.8, 4) is 0 Å². The lowest BCUT2D eigenvalue weighted by molar-refractivity contribution is 0.254. The lowest BCUT2D eigenvalue weighted by atomic mass is 9.93. The summed E-state index contributed by atoms with van der Waals surface area (Å²) in [6, 6.07) is 0. The summed E-state index contributed by atoms with van der Waals surface area (Å²) in [7, 11) is 4.20. The number of nitrogens with one attached hydrogen (secondary N) is 1. The second-order valence-corrected chi connectivity index (χ2v) is 6.86. The van der Waals surface area contributed by atoms with E-state index in [1.165, 1.54) is 0 Å². The maximum Gasteiger partial charge on any atom is 0.205 e. The Labute approximate surface area is 108 Å². The van der Waals surface area contributed by atoms with Crippen LogP contribution in [-0.2, 0) is 0 Å². The predicted octanol–water partition coefficient (Wildman–Crippen LogP) is 2.66. The molecule has 0 aliphatic rings. The highest BCUT2D eigenvalue weighted by Crippen LogP contribution is 2.24. The molecule has 1 rings (SSSR count). The molecule has 0 aliphatic heterocycles. The van der Waals surface area contributed by atoms with Crippen LogP contribution >= 0.6 is 11.3 Å². The van der Waals surface area contributed by atoms with Gasteiger partial charge >= 0.3 is 0 Å². The van der Waals surface area contributed by atoms with Crippen molar-refractivity contribution in [2.24, 2.45) is 5.41 Å². The zero-order valence-corrected chi connectivity index (χ0v) is 12.6. The highest BCUT2D eigenvalue weighted by molar-refractivity contribution is 7.15. The first-order valence-electron chi connectivity index (χ1n) is 6.02. The Morgan fingerprint density at radius 2 is 1.94 bits per heavy atom. The number of hydrogen-bond donors (Lipinski definition) is 1. The minimum Gasteiger partial charge on any atom is -0.359 e. The van der Waals surface area contributed by atoms with E-state index in [9.17, 15) is 0 Å². The molecular formula is C12H24N4S. The van der Waals surface area contributed by atoms with Crippen LogP contribution in [0, 0.1) is 5.41 Å². The monoisotopic (exact) mass is 256 g/mol. The van der Waals surface area contributed by atoms with E-state index in [1.807, 2.05) is 0 Å². The van der Waals surface area contributed by atoms with Crippen LogP contribution in [-0.4, -0.2) is 42.3 Å². The Morgan fingerprint density at radius 1 is 1.29 bits per heavy atom. The molecule has 1 aromatic heterocycles. The zero-order chi connectivity index (χ0) is 13.1. The van der Waals surface area contributed by atoms with Crippen molar-refractivity contribution in [1.29, 1.82) is 0 Å². The smallest absolute Gasteiger partial charge is 0.205 e. The molecule has 98 valence electrons. The molecular weight excluding hydrogens is 232 g/mol. The third kappa shape index (κ3) is 5.00. The van der Waals surface area contributed by atoms with Crippen molar-refractivity contribution in [3.63, 3.8) is 0 Å². The molecule has 1 N–H and O–H groups in total. The standard InChI is InChI=1S/C12H24N4S/c1-9(2)10-14-15-11(17-10)13-7-12(3,4)8-16(5)6/h9H,7-8H2,1-6H3,(H,13,15). The molecule has 0 saturated carbocycles. The molecule has 0 bridgehead atoms. The Bertz CT molecular complexity index is 344. The molecule has 0 unspecified atom stereocenters. The van der Waals surface area contributed by atoms with Gasteiger partial charge in [0.2, 0.25) is 5.13 Å².